The zero-order valence-electron chi connectivity index (χ0n) is 84.2. The molecule has 4 atom stereocenters. The van der Waals surface area contributed by atoms with Crippen LogP contribution in [-0.4, -0.2) is 143 Å². The van der Waals surface area contributed by atoms with Gasteiger partial charge in [-0.05, 0) is 164 Å². The number of aliphatic hydroxyl groups is 1. The number of nitrogens with zero attached hydrogens (tertiary/aromatic N) is 2. The molecule has 2 heterocycles. The Morgan fingerprint density at radius 1 is 0.471 bits per heavy atom. The number of benzene rings is 7. The first kappa shape index (κ1) is 68.3. The van der Waals surface area contributed by atoms with Crippen LogP contribution in [0.15, 0.2) is 200 Å². The van der Waals surface area contributed by atoms with Crippen molar-refractivity contribution in [2.75, 3.05) is 40.5 Å². The van der Waals surface area contributed by atoms with E-state index >= 15 is 0 Å². The van der Waals surface area contributed by atoms with E-state index < -0.39 is 90.8 Å². The van der Waals surface area contributed by atoms with Crippen LogP contribution in [0.5, 0.6) is 0 Å². The Balaban J connectivity index is -0.000000370. The van der Waals surface area contributed by atoms with E-state index in [1.165, 1.54) is 68.8 Å². The summed E-state index contributed by atoms with van der Waals surface area (Å²) in [5, 5.41) is 23.3. The molecule has 2 aliphatic rings. The van der Waals surface area contributed by atoms with Gasteiger partial charge in [-0.25, -0.2) is 37.5 Å². The highest BCUT2D eigenvalue weighted by Gasteiger charge is 2.39. The molecule has 7 aromatic rings. The van der Waals surface area contributed by atoms with Crippen LogP contribution in [-0.2, 0) is 78.4 Å². The number of carboxylic acids is 1. The number of hydrogen-bond donors (Lipinski definition) is 2. The number of carboxylic acid groups (broad SMARTS) is 1. The summed E-state index contributed by atoms with van der Waals surface area (Å²) in [5.74, 6) is -2.55. The Kier molecular flexibility index (Phi) is 26.9. The number of aliphatic hydroxyl groups excluding tert-OH is 1. The minimum absolute atomic E-state index is 0.00480. The van der Waals surface area contributed by atoms with Crippen molar-refractivity contribution in [3.63, 3.8) is 0 Å². The quantitative estimate of drug-likeness (QED) is 0.0327. The summed E-state index contributed by atoms with van der Waals surface area (Å²) in [6.45, 7) is 18.5. The fourth-order valence-electron chi connectivity index (χ4n) is 11.3. The molecule has 0 unspecified atom stereocenters. The fourth-order valence-corrected chi connectivity index (χ4v) is 13.6. The minimum Gasteiger partial charge on any atom is -0.480 e. The highest BCUT2D eigenvalue weighted by atomic mass is 31.1. The lowest BCUT2D eigenvalue weighted by Crippen LogP contribution is -2.49. The second kappa shape index (κ2) is 41.0. The summed E-state index contributed by atoms with van der Waals surface area (Å²) in [4.78, 5) is 76.2. The highest BCUT2D eigenvalue weighted by molar-refractivity contribution is 7.79. The second-order valence-corrected chi connectivity index (χ2v) is 31.3. The van der Waals surface area contributed by atoms with Crippen LogP contribution in [0.3, 0.4) is 0 Å². The Labute approximate surface area is 648 Å². The molecule has 2 aliphatic heterocycles. The van der Waals surface area contributed by atoms with Crippen LogP contribution >= 0.6 is 7.92 Å². The van der Waals surface area contributed by atoms with Crippen molar-refractivity contribution in [1.29, 1.82) is 0 Å². The molecule has 0 saturated carbocycles. The van der Waals surface area contributed by atoms with Crippen molar-refractivity contribution in [3.05, 3.63) is 234 Å². The number of amides is 2. The number of esters is 3. The van der Waals surface area contributed by atoms with Crippen molar-refractivity contribution in [2.24, 2.45) is 0 Å². The van der Waals surface area contributed by atoms with Crippen LogP contribution < -0.4 is 15.9 Å². The third-order valence-corrected chi connectivity index (χ3v) is 19.1. The lowest BCUT2D eigenvalue weighted by Gasteiger charge is -2.32. The van der Waals surface area contributed by atoms with Gasteiger partial charge >= 0.3 is 36.1 Å². The number of ether oxygens (including phenoxy) is 7. The maximum absolute atomic E-state index is 14.8. The lowest BCUT2D eigenvalue weighted by atomic mass is 9.91. The molecule has 2 fully saturated rings. The van der Waals surface area contributed by atoms with E-state index in [0.717, 1.165) is 84.2 Å². The molecule has 104 heavy (non-hydrogen) atoms. The van der Waals surface area contributed by atoms with E-state index in [1.54, 1.807) is 41.5 Å². The maximum atomic E-state index is 14.8. The molecule has 0 bridgehead atoms. The zero-order chi connectivity index (χ0) is 98.0. The summed E-state index contributed by atoms with van der Waals surface area (Å²) in [6.07, 6.45) is -0.375. The van der Waals surface area contributed by atoms with Gasteiger partial charge in [-0.3, -0.25) is 9.80 Å². The molecule has 0 radical (unpaired) electrons. The van der Waals surface area contributed by atoms with Gasteiger partial charge in [-0.15, -0.1) is 0 Å². The van der Waals surface area contributed by atoms with Crippen LogP contribution in [0.2, 0.25) is 0 Å². The highest BCUT2D eigenvalue weighted by Crippen LogP contribution is 2.33. The molecular weight excluding hydrogens is 1350 g/mol. The molecule has 9 rings (SSSR count). The molecule has 17 nitrogen and oxygen atoms in total. The first-order valence-corrected chi connectivity index (χ1v) is 36.7. The third kappa shape index (κ3) is 30.4. The fraction of sp³-hybridized carbons (Fsp3) is 0.429. The van der Waals surface area contributed by atoms with E-state index in [1.807, 2.05) is 97.1 Å². The maximum Gasteiger partial charge on any atom is 0.410 e. The summed E-state index contributed by atoms with van der Waals surface area (Å²) in [5.41, 5.74) is 0.818. The monoisotopic (exact) mass is 1500 g/mol. The van der Waals surface area contributed by atoms with Crippen molar-refractivity contribution >= 4 is 59.9 Å². The van der Waals surface area contributed by atoms with Crippen molar-refractivity contribution in [2.45, 2.75) is 192 Å². The molecule has 582 valence electrons. The van der Waals surface area contributed by atoms with Gasteiger partial charge in [0, 0.05) is 98.9 Å². The predicted octanol–water partition coefficient (Wildman–Crippen LogP) is 18.0. The van der Waals surface area contributed by atoms with E-state index in [4.69, 9.17) is 70.9 Å². The number of carbonyl (C=O) groups excluding carboxylic acids is 5. The SMILES string of the molecule is CN(C(=O)OC(C)(C)C)[C@@H](CC(C)(C)F)C(=O)O.CN(C(=O)OC(C)(C)C)[C@@H](CC(C)(C)F)C(=O)O[C@H](Cc1ccc(C2CCOCC2)cc1)C(=O)OCc1ccccc1.O=C(OCc1ccccc1)[C@@H](O)Cc1ccc(C2CCOCC2)cc1.[2H][2H].[2H][2H].[2H][2H].[2H][2H].[2H][2H].[2H][2H].[2H][2H].[2H][2H].[2H][2H].[2H][2H].[2H][2H].c1ccc(P(c2ccccc2)c2ccccc2)cc1. The molecule has 2 N–H and O–H groups in total. The lowest BCUT2D eigenvalue weighted by molar-refractivity contribution is -0.172. The van der Waals surface area contributed by atoms with E-state index in [0.29, 0.717) is 11.8 Å². The van der Waals surface area contributed by atoms with Crippen LogP contribution in [0.25, 0.3) is 0 Å². The van der Waals surface area contributed by atoms with Gasteiger partial charge < -0.3 is 43.4 Å². The van der Waals surface area contributed by atoms with E-state index in [9.17, 15) is 42.7 Å². The van der Waals surface area contributed by atoms with Crippen LogP contribution in [0.1, 0.15) is 186 Å². The van der Waals surface area contributed by atoms with Crippen LogP contribution in [0.4, 0.5) is 18.4 Å². The number of carbonyl (C=O) groups is 6. The minimum atomic E-state index is -1.82. The second-order valence-electron chi connectivity index (χ2n) is 29.0. The predicted molar refractivity (Wildman–Crippen MR) is 425 cm³/mol. The molecule has 2 saturated heterocycles. The van der Waals surface area contributed by atoms with E-state index in [-0.39, 0.29) is 38.9 Å². The van der Waals surface area contributed by atoms with Gasteiger partial charge in [-0.2, -0.15) is 0 Å². The number of rotatable bonds is 24. The molecule has 20 heteroatoms. The van der Waals surface area contributed by atoms with Crippen LogP contribution in [0, 0.1) is 0 Å². The summed E-state index contributed by atoms with van der Waals surface area (Å²) in [7, 11) is 2.19. The summed E-state index contributed by atoms with van der Waals surface area (Å²) in [6, 6.07) is 64.3. The molecule has 0 spiro atoms. The average Bonchev–Trinajstić information content (AvgIpc) is 0.818. The third-order valence-electron chi connectivity index (χ3n) is 16.7. The van der Waals surface area contributed by atoms with Crippen molar-refractivity contribution in [3.8, 4) is 0 Å². The normalized spacial score (nSPS) is 15.5. The number of alkyl halides is 2. The van der Waals surface area contributed by atoms with Gasteiger partial charge in [0.25, 0.3) is 0 Å². The molecular formula is C84H127F2N2O15P. The summed E-state index contributed by atoms with van der Waals surface area (Å²) >= 11 is 0. The molecule has 0 aliphatic carbocycles. The van der Waals surface area contributed by atoms with Crippen molar-refractivity contribution < 1.29 is 114 Å². The number of likely N-dealkylation sites (N-methyl/N-ethyl adjacent to an activating group) is 2. The van der Waals surface area contributed by atoms with Gasteiger partial charge in [0.05, 0.1) is 0 Å². The Morgan fingerprint density at radius 2 is 0.798 bits per heavy atom. The number of hydrogen-bond acceptors (Lipinski definition) is 14. The standard InChI is InChI=1S/C33H44FNO7.C21H24O4.C18H15P.C12H22FNO4.11H2/c1-32(2,3)42-31(38)35(6)27(21-33(4,5)34)29(36)41-28(30(37)40-22-24-10-8-7-9-11-24)20-23-12-14-25(15-13-23)26-16-18-39-19-17-26;22-20(21(23)25-15-17-4-2-1-3-5-17)14-16-6-8-18(9-7-16)19-10-12-24-13-11-19;1-4-10-16(11-5-1)19(17-12-6-2-7-13-17)18-14-8-3-9-15-18;1-11(2,3)18-10(17)14(6)8(9(15)16)7-12(4,5)13;;;;;;;;;;;/h7-15,26-28H,16-22H2,1-6H3;1-9,19-20,22H,10-15H2;1-15H;8H,7H2,1-6H3,(H,15,16);11*1H/t27-,28+;20-;;8-;;;;;;;;;;;/m00.0.........../s1/i;;;;11*1+1D. The average molecular weight is 1500 g/mol. The van der Waals surface area contributed by atoms with Crippen molar-refractivity contribution in [1.82, 2.24) is 9.80 Å². The Bertz CT molecular complexity index is 3700. The number of aliphatic carboxylic acids is 1. The topological polar surface area (TPSA) is 214 Å². The first-order valence-electron chi connectivity index (χ1n) is 46.3. The Hall–Kier alpha value is -8.87. The largest absolute Gasteiger partial charge is 0.480 e. The molecule has 7 aromatic carbocycles. The van der Waals surface area contributed by atoms with Gasteiger partial charge in [0.15, 0.2) is 6.10 Å². The molecule has 2 amide bonds. The summed E-state index contributed by atoms with van der Waals surface area (Å²) < 4.78 is 176. The Morgan fingerprint density at radius 3 is 1.14 bits per heavy atom. The first-order chi connectivity index (χ1) is 60.2. The van der Waals surface area contributed by atoms with Gasteiger partial charge in [0.1, 0.15) is 47.8 Å². The van der Waals surface area contributed by atoms with E-state index in [2.05, 4.69) is 103 Å². The smallest absolute Gasteiger partial charge is 0.410 e. The zero-order valence-corrected chi connectivity index (χ0v) is 63.1. The van der Waals surface area contributed by atoms with Gasteiger partial charge in [0.2, 0.25) is 6.10 Å². The van der Waals surface area contributed by atoms with Gasteiger partial charge in [-0.1, -0.05) is 200 Å². The number of halogens is 2. The molecule has 0 aromatic heterocycles.